The molecule has 0 aliphatic carbocycles. The number of ether oxygens (including phenoxy) is 1. The van der Waals surface area contributed by atoms with Crippen molar-refractivity contribution in [3.8, 4) is 17.2 Å². The Hall–Kier alpha value is -1.98. The molecule has 19 heavy (non-hydrogen) atoms. The van der Waals surface area contributed by atoms with Crippen LogP contribution in [0.25, 0.3) is 6.08 Å². The molecule has 0 saturated carbocycles. The Labute approximate surface area is 117 Å². The smallest absolute Gasteiger partial charge is 0.232 e. The Kier molecular flexibility index (Phi) is 2.73. The minimum atomic E-state index is -0.432. The third-order valence-corrected chi connectivity index (χ3v) is 3.84. The van der Waals surface area contributed by atoms with E-state index in [0.717, 1.165) is 4.88 Å². The zero-order chi connectivity index (χ0) is 13.6. The molecule has 1 aliphatic heterocycles. The van der Waals surface area contributed by atoms with E-state index >= 15 is 0 Å². The summed E-state index contributed by atoms with van der Waals surface area (Å²) in [5.41, 5.74) is 0.226. The summed E-state index contributed by atoms with van der Waals surface area (Å²) < 4.78 is 5.92. The molecule has 2 aromatic rings. The number of Topliss-reactive ketones (excluding diaryl/α,β-unsaturated/α-hetero) is 1. The van der Waals surface area contributed by atoms with Crippen LogP contribution in [0.3, 0.4) is 0 Å². The summed E-state index contributed by atoms with van der Waals surface area (Å²) in [4.78, 5) is 12.8. The highest BCUT2D eigenvalue weighted by Crippen LogP contribution is 2.44. The van der Waals surface area contributed by atoms with Gasteiger partial charge in [-0.2, -0.15) is 0 Å². The monoisotopic (exact) mass is 294 g/mol. The van der Waals surface area contributed by atoms with Crippen molar-refractivity contribution in [3.63, 3.8) is 0 Å². The van der Waals surface area contributed by atoms with Crippen LogP contribution in [0.5, 0.6) is 17.2 Å². The lowest BCUT2D eigenvalue weighted by atomic mass is 10.1. The topological polar surface area (TPSA) is 66.8 Å². The first-order chi connectivity index (χ1) is 9.06. The van der Waals surface area contributed by atoms with Crippen LogP contribution in [0.4, 0.5) is 0 Å². The number of hydrogen-bond donors (Lipinski definition) is 2. The molecule has 6 heteroatoms. The molecule has 2 heterocycles. The first-order valence-corrected chi connectivity index (χ1v) is 6.50. The standard InChI is InChI=1S/C13H7ClO4S/c14-10-4-1-6(19-10)5-9-11(16)7-2-3-8(15)12(17)13(7)18-9/h1-5,15,17H/b9-5-. The van der Waals surface area contributed by atoms with Crippen LogP contribution >= 0.6 is 22.9 Å². The SMILES string of the molecule is O=C1/C(=C/c2ccc(Cl)s2)Oc2c1ccc(O)c2O. The second-order valence-corrected chi connectivity index (χ2v) is 5.64. The van der Waals surface area contributed by atoms with Crippen molar-refractivity contribution in [2.45, 2.75) is 0 Å². The predicted octanol–water partition coefficient (Wildman–Crippen LogP) is 3.43. The Balaban J connectivity index is 2.04. The van der Waals surface area contributed by atoms with E-state index in [1.807, 2.05) is 0 Å². The number of thiophene rings is 1. The van der Waals surface area contributed by atoms with Crippen molar-refractivity contribution < 1.29 is 19.7 Å². The van der Waals surface area contributed by atoms with E-state index in [2.05, 4.69) is 0 Å². The van der Waals surface area contributed by atoms with Gasteiger partial charge in [-0.15, -0.1) is 11.3 Å². The fraction of sp³-hybridized carbons (Fsp3) is 0. The van der Waals surface area contributed by atoms with Crippen molar-refractivity contribution in [2.24, 2.45) is 0 Å². The van der Waals surface area contributed by atoms with Crippen LogP contribution in [0.15, 0.2) is 30.0 Å². The van der Waals surface area contributed by atoms with Gasteiger partial charge in [0.2, 0.25) is 11.5 Å². The molecular weight excluding hydrogens is 288 g/mol. The van der Waals surface area contributed by atoms with E-state index in [-0.39, 0.29) is 28.6 Å². The predicted molar refractivity (Wildman–Crippen MR) is 72.0 cm³/mol. The van der Waals surface area contributed by atoms with E-state index in [4.69, 9.17) is 16.3 Å². The van der Waals surface area contributed by atoms with Gasteiger partial charge in [0.1, 0.15) is 0 Å². The van der Waals surface area contributed by atoms with Crippen LogP contribution in [-0.4, -0.2) is 16.0 Å². The number of allylic oxidation sites excluding steroid dienone is 1. The molecule has 0 saturated heterocycles. The van der Waals surface area contributed by atoms with Crippen LogP contribution in [0.1, 0.15) is 15.2 Å². The normalized spacial score (nSPS) is 15.6. The first-order valence-electron chi connectivity index (χ1n) is 5.31. The highest BCUT2D eigenvalue weighted by atomic mass is 35.5. The summed E-state index contributed by atoms with van der Waals surface area (Å²) in [5, 5.41) is 19.0. The molecule has 0 fully saturated rings. The summed E-state index contributed by atoms with van der Waals surface area (Å²) in [7, 11) is 0. The molecule has 0 amide bonds. The van der Waals surface area contributed by atoms with Crippen molar-refractivity contribution >= 4 is 34.8 Å². The molecule has 96 valence electrons. The number of benzene rings is 1. The molecule has 1 aromatic heterocycles. The van der Waals surface area contributed by atoms with Crippen molar-refractivity contribution in [1.82, 2.24) is 0 Å². The maximum atomic E-state index is 12.1. The number of carbonyl (C=O) groups is 1. The number of halogens is 1. The summed E-state index contributed by atoms with van der Waals surface area (Å²) in [6.45, 7) is 0. The fourth-order valence-corrected chi connectivity index (χ4v) is 2.76. The molecule has 0 spiro atoms. The number of carbonyl (C=O) groups excluding carboxylic acids is 1. The average Bonchev–Trinajstić information content (AvgIpc) is 2.91. The molecule has 0 atom stereocenters. The Morgan fingerprint density at radius 3 is 2.68 bits per heavy atom. The van der Waals surface area contributed by atoms with Gasteiger partial charge in [0.25, 0.3) is 0 Å². The van der Waals surface area contributed by atoms with E-state index in [1.54, 1.807) is 18.2 Å². The summed E-state index contributed by atoms with van der Waals surface area (Å²) in [6.07, 6.45) is 1.55. The number of fused-ring (bicyclic) bond motifs is 1. The van der Waals surface area contributed by atoms with Crippen LogP contribution in [-0.2, 0) is 0 Å². The largest absolute Gasteiger partial charge is 0.504 e. The molecule has 4 nitrogen and oxygen atoms in total. The van der Waals surface area contributed by atoms with Gasteiger partial charge in [-0.3, -0.25) is 4.79 Å². The van der Waals surface area contributed by atoms with Gasteiger partial charge in [0.15, 0.2) is 17.3 Å². The van der Waals surface area contributed by atoms with E-state index in [0.29, 0.717) is 4.34 Å². The zero-order valence-electron chi connectivity index (χ0n) is 9.38. The molecule has 0 bridgehead atoms. The second kappa shape index (κ2) is 4.29. The fourth-order valence-electron chi connectivity index (χ4n) is 1.76. The summed E-state index contributed by atoms with van der Waals surface area (Å²) in [5.74, 6) is -1.02. The van der Waals surface area contributed by atoms with Gasteiger partial charge in [-0.1, -0.05) is 11.6 Å². The van der Waals surface area contributed by atoms with Gasteiger partial charge >= 0.3 is 0 Å². The van der Waals surface area contributed by atoms with Crippen LogP contribution in [0.2, 0.25) is 4.34 Å². The van der Waals surface area contributed by atoms with Gasteiger partial charge in [0, 0.05) is 11.0 Å². The van der Waals surface area contributed by atoms with Gasteiger partial charge in [-0.25, -0.2) is 0 Å². The Bertz CT molecular complexity index is 717. The maximum absolute atomic E-state index is 12.1. The van der Waals surface area contributed by atoms with Crippen LogP contribution in [0, 0.1) is 0 Å². The molecule has 1 aromatic carbocycles. The molecule has 2 N–H and O–H groups in total. The van der Waals surface area contributed by atoms with Crippen molar-refractivity contribution in [2.75, 3.05) is 0 Å². The molecule has 0 unspecified atom stereocenters. The summed E-state index contributed by atoms with van der Waals surface area (Å²) in [6, 6.07) is 6.14. The number of hydrogen-bond acceptors (Lipinski definition) is 5. The number of phenols is 2. The lowest BCUT2D eigenvalue weighted by molar-refractivity contribution is 0.101. The van der Waals surface area contributed by atoms with E-state index in [9.17, 15) is 15.0 Å². The minimum Gasteiger partial charge on any atom is -0.504 e. The van der Waals surface area contributed by atoms with Gasteiger partial charge in [0.05, 0.1) is 9.90 Å². The number of rotatable bonds is 1. The molecule has 1 aliphatic rings. The van der Waals surface area contributed by atoms with Gasteiger partial charge < -0.3 is 14.9 Å². The molecule has 3 rings (SSSR count). The summed E-state index contributed by atoms with van der Waals surface area (Å²) >= 11 is 7.12. The molecule has 0 radical (unpaired) electrons. The van der Waals surface area contributed by atoms with Gasteiger partial charge in [-0.05, 0) is 24.3 Å². The molecular formula is C13H7ClO4S. The third-order valence-electron chi connectivity index (χ3n) is 2.66. The lowest BCUT2D eigenvalue weighted by Gasteiger charge is -2.02. The quantitative estimate of drug-likeness (QED) is 0.624. The second-order valence-electron chi connectivity index (χ2n) is 3.89. The van der Waals surface area contributed by atoms with E-state index in [1.165, 1.54) is 23.5 Å². The Morgan fingerprint density at radius 2 is 2.00 bits per heavy atom. The highest BCUT2D eigenvalue weighted by Gasteiger charge is 2.31. The number of aromatic hydroxyl groups is 2. The average molecular weight is 295 g/mol. The number of phenolic OH excluding ortho intramolecular Hbond substituents is 2. The van der Waals surface area contributed by atoms with Crippen LogP contribution < -0.4 is 4.74 Å². The maximum Gasteiger partial charge on any atom is 0.232 e. The third kappa shape index (κ3) is 1.97. The lowest BCUT2D eigenvalue weighted by Crippen LogP contribution is -1.97. The van der Waals surface area contributed by atoms with E-state index < -0.39 is 5.75 Å². The minimum absolute atomic E-state index is 0.0149. The zero-order valence-corrected chi connectivity index (χ0v) is 11.0. The number of ketones is 1. The van der Waals surface area contributed by atoms with Crippen molar-refractivity contribution in [3.05, 3.63) is 44.8 Å². The Morgan fingerprint density at radius 1 is 1.21 bits per heavy atom. The van der Waals surface area contributed by atoms with Crippen molar-refractivity contribution in [1.29, 1.82) is 0 Å². The highest BCUT2D eigenvalue weighted by molar-refractivity contribution is 7.17. The first kappa shape index (κ1) is 12.1.